The third-order valence-electron chi connectivity index (χ3n) is 4.25. The first kappa shape index (κ1) is 17.0. The number of rotatable bonds is 7. The zero-order valence-electron chi connectivity index (χ0n) is 14.7. The maximum atomic E-state index is 11.1. The fourth-order valence-corrected chi connectivity index (χ4v) is 2.95. The van der Waals surface area contributed by atoms with Gasteiger partial charge in [-0.25, -0.2) is 14.8 Å². The largest absolute Gasteiger partial charge is 0.478 e. The van der Waals surface area contributed by atoms with Gasteiger partial charge in [-0.05, 0) is 24.6 Å². The molecule has 3 aromatic rings. The Morgan fingerprint density at radius 1 is 1.36 bits per heavy atom. The van der Waals surface area contributed by atoms with Gasteiger partial charge in [-0.3, -0.25) is 0 Å². The second-order valence-corrected chi connectivity index (χ2v) is 6.42. The third-order valence-corrected chi connectivity index (χ3v) is 4.25. The monoisotopic (exact) mass is 341 g/mol. The highest BCUT2D eigenvalue weighted by atomic mass is 16.4. The Bertz CT molecular complexity index is 894. The maximum absolute atomic E-state index is 11.1. The van der Waals surface area contributed by atoms with Crippen molar-refractivity contribution in [2.75, 3.05) is 11.9 Å². The van der Waals surface area contributed by atoms with Crippen molar-refractivity contribution < 1.29 is 9.90 Å². The third kappa shape index (κ3) is 3.50. The molecule has 0 amide bonds. The average Bonchev–Trinajstić information content (AvgIpc) is 3.16. The minimum atomic E-state index is -0.941. The van der Waals surface area contributed by atoms with Crippen LogP contribution in [-0.2, 0) is 13.6 Å². The van der Waals surface area contributed by atoms with Gasteiger partial charge < -0.3 is 19.6 Å². The van der Waals surface area contributed by atoms with E-state index in [0.29, 0.717) is 11.4 Å². The van der Waals surface area contributed by atoms with Crippen molar-refractivity contribution in [3.8, 4) is 0 Å². The van der Waals surface area contributed by atoms with Crippen LogP contribution in [0.3, 0.4) is 0 Å². The molecule has 25 heavy (non-hydrogen) atoms. The molecule has 0 aliphatic carbocycles. The molecule has 0 saturated heterocycles. The number of carboxylic acid groups (broad SMARTS) is 1. The number of aromatic nitrogens is 4. The van der Waals surface area contributed by atoms with Crippen molar-refractivity contribution in [3.05, 3.63) is 42.0 Å². The van der Waals surface area contributed by atoms with Gasteiger partial charge >= 0.3 is 5.97 Å². The van der Waals surface area contributed by atoms with Crippen LogP contribution in [0.15, 0.2) is 30.6 Å². The van der Waals surface area contributed by atoms with Gasteiger partial charge in [0.25, 0.3) is 0 Å². The number of aryl methyl sites for hydroxylation is 2. The lowest BCUT2D eigenvalue weighted by atomic mass is 10.2. The first-order valence-electron chi connectivity index (χ1n) is 8.42. The van der Waals surface area contributed by atoms with Gasteiger partial charge in [-0.2, -0.15) is 0 Å². The summed E-state index contributed by atoms with van der Waals surface area (Å²) in [5, 5.41) is 12.4. The first-order chi connectivity index (χ1) is 12.0. The maximum Gasteiger partial charge on any atom is 0.335 e. The molecule has 0 atom stereocenters. The smallest absolute Gasteiger partial charge is 0.335 e. The molecule has 0 bridgehead atoms. The van der Waals surface area contributed by atoms with E-state index in [1.54, 1.807) is 18.2 Å². The molecule has 132 valence electrons. The minimum absolute atomic E-state index is 0.249. The van der Waals surface area contributed by atoms with E-state index in [9.17, 15) is 4.79 Å². The Kier molecular flexibility index (Phi) is 4.74. The molecular formula is C18H23N5O2. The lowest BCUT2D eigenvalue weighted by molar-refractivity contribution is 0.0697. The SMILES string of the molecule is CC(C)c1nccn1CCCNc1nc2cc(C(=O)O)ccc2n1C. The fraction of sp³-hybridized carbons (Fsp3) is 0.389. The Morgan fingerprint density at radius 2 is 2.16 bits per heavy atom. The number of nitrogens with one attached hydrogen (secondary N) is 1. The minimum Gasteiger partial charge on any atom is -0.478 e. The standard InChI is InChI=1S/C18H23N5O2/c1-12(2)16-19-8-10-23(16)9-4-7-20-18-21-14-11-13(17(24)25)5-6-15(14)22(18)3/h5-6,8,10-12H,4,7,9H2,1-3H3,(H,20,21)(H,24,25). The molecule has 0 spiro atoms. The number of aromatic carboxylic acids is 1. The molecule has 0 aliphatic heterocycles. The van der Waals surface area contributed by atoms with E-state index in [1.165, 1.54) is 0 Å². The fourth-order valence-electron chi connectivity index (χ4n) is 2.95. The van der Waals surface area contributed by atoms with E-state index in [2.05, 4.69) is 33.7 Å². The van der Waals surface area contributed by atoms with Crippen molar-refractivity contribution in [1.29, 1.82) is 0 Å². The molecule has 0 fully saturated rings. The van der Waals surface area contributed by atoms with Crippen molar-refractivity contribution in [2.24, 2.45) is 7.05 Å². The molecule has 7 heteroatoms. The summed E-state index contributed by atoms with van der Waals surface area (Å²) in [5.74, 6) is 1.31. The molecule has 3 rings (SSSR count). The van der Waals surface area contributed by atoms with Crippen LogP contribution >= 0.6 is 0 Å². The lowest BCUT2D eigenvalue weighted by Gasteiger charge is -2.11. The number of carboxylic acids is 1. The Labute approximate surface area is 146 Å². The molecule has 2 N–H and O–H groups in total. The highest BCUT2D eigenvalue weighted by molar-refractivity contribution is 5.92. The first-order valence-corrected chi connectivity index (χ1v) is 8.42. The summed E-state index contributed by atoms with van der Waals surface area (Å²) < 4.78 is 4.12. The van der Waals surface area contributed by atoms with E-state index in [4.69, 9.17) is 5.11 Å². The average molecular weight is 341 g/mol. The van der Waals surface area contributed by atoms with Gasteiger partial charge in [0.15, 0.2) is 0 Å². The normalized spacial score (nSPS) is 11.4. The van der Waals surface area contributed by atoms with Crippen LogP contribution in [0.25, 0.3) is 11.0 Å². The van der Waals surface area contributed by atoms with Gasteiger partial charge in [-0.1, -0.05) is 13.8 Å². The molecular weight excluding hydrogens is 318 g/mol. The summed E-state index contributed by atoms with van der Waals surface area (Å²) in [6.07, 6.45) is 4.80. The number of nitrogens with zero attached hydrogens (tertiary/aromatic N) is 4. The molecule has 2 heterocycles. The van der Waals surface area contributed by atoms with Gasteiger partial charge in [0.1, 0.15) is 5.82 Å². The Balaban J connectivity index is 1.64. The summed E-state index contributed by atoms with van der Waals surface area (Å²) in [6.45, 7) is 5.95. The number of hydrogen-bond donors (Lipinski definition) is 2. The van der Waals surface area contributed by atoms with Crippen molar-refractivity contribution in [3.63, 3.8) is 0 Å². The van der Waals surface area contributed by atoms with Crippen molar-refractivity contribution >= 4 is 23.0 Å². The van der Waals surface area contributed by atoms with Crippen molar-refractivity contribution in [2.45, 2.75) is 32.7 Å². The summed E-state index contributed by atoms with van der Waals surface area (Å²) in [4.78, 5) is 20.0. The summed E-state index contributed by atoms with van der Waals surface area (Å²) >= 11 is 0. The van der Waals surface area contributed by atoms with Crippen LogP contribution < -0.4 is 5.32 Å². The predicted octanol–water partition coefficient (Wildman–Crippen LogP) is 3.09. The van der Waals surface area contributed by atoms with Gasteiger partial charge in [0, 0.05) is 38.4 Å². The van der Waals surface area contributed by atoms with E-state index in [-0.39, 0.29) is 5.56 Å². The summed E-state index contributed by atoms with van der Waals surface area (Å²) in [7, 11) is 1.92. The number of anilines is 1. The number of hydrogen-bond acceptors (Lipinski definition) is 4. The number of benzene rings is 1. The van der Waals surface area contributed by atoms with Gasteiger partial charge in [0.05, 0.1) is 16.6 Å². The summed E-state index contributed by atoms with van der Waals surface area (Å²) in [5.41, 5.74) is 1.84. The van der Waals surface area contributed by atoms with Crippen LogP contribution in [-0.4, -0.2) is 36.7 Å². The second-order valence-electron chi connectivity index (χ2n) is 6.42. The van der Waals surface area contributed by atoms with E-state index in [0.717, 1.165) is 36.8 Å². The number of imidazole rings is 2. The Hall–Kier alpha value is -2.83. The predicted molar refractivity (Wildman–Crippen MR) is 97.1 cm³/mol. The topological polar surface area (TPSA) is 85.0 Å². The van der Waals surface area contributed by atoms with Crippen molar-refractivity contribution in [1.82, 2.24) is 19.1 Å². The zero-order chi connectivity index (χ0) is 18.0. The van der Waals surface area contributed by atoms with E-state index < -0.39 is 5.97 Å². The van der Waals surface area contributed by atoms with Gasteiger partial charge in [-0.15, -0.1) is 0 Å². The highest BCUT2D eigenvalue weighted by Crippen LogP contribution is 2.20. The quantitative estimate of drug-likeness (QED) is 0.645. The summed E-state index contributed by atoms with van der Waals surface area (Å²) in [6, 6.07) is 4.99. The van der Waals surface area contributed by atoms with Crippen LogP contribution in [0.2, 0.25) is 0 Å². The van der Waals surface area contributed by atoms with E-state index in [1.807, 2.05) is 24.0 Å². The second kappa shape index (κ2) is 6.96. The Morgan fingerprint density at radius 3 is 2.88 bits per heavy atom. The molecule has 2 aromatic heterocycles. The van der Waals surface area contributed by atoms with E-state index >= 15 is 0 Å². The van der Waals surface area contributed by atoms with Gasteiger partial charge in [0.2, 0.25) is 5.95 Å². The molecule has 0 radical (unpaired) electrons. The van der Waals surface area contributed by atoms with Crippen LogP contribution in [0.5, 0.6) is 0 Å². The number of carbonyl (C=O) groups is 1. The molecule has 0 saturated carbocycles. The molecule has 0 unspecified atom stereocenters. The molecule has 0 aliphatic rings. The lowest BCUT2D eigenvalue weighted by Crippen LogP contribution is -2.11. The van der Waals surface area contributed by atoms with Crippen LogP contribution in [0.4, 0.5) is 5.95 Å². The zero-order valence-corrected chi connectivity index (χ0v) is 14.7. The van der Waals surface area contributed by atoms with Crippen LogP contribution in [0.1, 0.15) is 42.4 Å². The highest BCUT2D eigenvalue weighted by Gasteiger charge is 2.11. The number of fused-ring (bicyclic) bond motifs is 1. The molecule has 1 aromatic carbocycles. The van der Waals surface area contributed by atoms with Crippen LogP contribution in [0, 0.1) is 0 Å². The molecule has 7 nitrogen and oxygen atoms in total.